The van der Waals surface area contributed by atoms with Gasteiger partial charge in [0.25, 0.3) is 0 Å². The number of rotatable bonds is 1. The summed E-state index contributed by atoms with van der Waals surface area (Å²) in [5.41, 5.74) is 0. The third-order valence-electron chi connectivity index (χ3n) is 0.197. The topological polar surface area (TPSA) is 167 Å². The van der Waals surface area contributed by atoms with E-state index in [2.05, 4.69) is 4.52 Å². The van der Waals surface area contributed by atoms with E-state index in [0.29, 0.717) is 0 Å². The van der Waals surface area contributed by atoms with Gasteiger partial charge in [0, 0.05) is 0 Å². The van der Waals surface area contributed by atoms with Crippen molar-refractivity contribution in [3.05, 3.63) is 0 Å². The summed E-state index contributed by atoms with van der Waals surface area (Å²) in [4.78, 5) is 24.7. The first-order valence-corrected chi connectivity index (χ1v) is 2.93. The number of phosphoric acid groups is 1. The van der Waals surface area contributed by atoms with Crippen LogP contribution in [0.2, 0.25) is 0 Å². The SMILES string of the molecule is O.O.O=C(O)OP(=O)(O)O.[CaH2].[CaH2].[CaH2]. The first-order valence-electron chi connectivity index (χ1n) is 1.40. The zero-order valence-corrected chi connectivity index (χ0v) is 5.41. The van der Waals surface area contributed by atoms with Gasteiger partial charge in [-0.3, -0.25) is 9.79 Å². The van der Waals surface area contributed by atoms with Crippen LogP contribution in [0.4, 0.5) is 4.79 Å². The van der Waals surface area contributed by atoms with Gasteiger partial charge in [-0.25, -0.2) is 9.36 Å². The molecule has 13 heavy (non-hydrogen) atoms. The number of carboxylic acid groups (broad SMARTS) is 1. The molecule has 7 N–H and O–H groups in total. The van der Waals surface area contributed by atoms with Gasteiger partial charge >= 0.3 is 127 Å². The van der Waals surface area contributed by atoms with Crippen molar-refractivity contribution in [2.45, 2.75) is 0 Å². The summed E-state index contributed by atoms with van der Waals surface area (Å²) in [5, 5.41) is 7.53. The molecule has 0 radical (unpaired) electrons. The van der Waals surface area contributed by atoms with Crippen molar-refractivity contribution < 1.29 is 39.7 Å². The Bertz CT molecular complexity index is 142. The van der Waals surface area contributed by atoms with Gasteiger partial charge in [-0.2, -0.15) is 0 Å². The van der Waals surface area contributed by atoms with Gasteiger partial charge in [-0.05, 0) is 0 Å². The van der Waals surface area contributed by atoms with Crippen molar-refractivity contribution in [3.63, 3.8) is 0 Å². The molecule has 0 rings (SSSR count). The van der Waals surface area contributed by atoms with E-state index < -0.39 is 14.0 Å². The first kappa shape index (κ1) is 36.0. The van der Waals surface area contributed by atoms with E-state index in [4.69, 9.17) is 14.9 Å². The van der Waals surface area contributed by atoms with Crippen molar-refractivity contribution in [2.24, 2.45) is 0 Å². The summed E-state index contributed by atoms with van der Waals surface area (Å²) in [6.07, 6.45) is -1.99. The summed E-state index contributed by atoms with van der Waals surface area (Å²) >= 11 is 0. The van der Waals surface area contributed by atoms with Gasteiger partial charge in [-0.15, -0.1) is 0 Å². The Kier molecular flexibility index (Phi) is 48.5. The fourth-order valence-electron chi connectivity index (χ4n) is 0.102. The molecule has 0 unspecified atom stereocenters. The van der Waals surface area contributed by atoms with Crippen LogP contribution >= 0.6 is 7.82 Å². The average molecular weight is 304 g/mol. The molecule has 0 aromatic heterocycles. The van der Waals surface area contributed by atoms with E-state index in [9.17, 15) is 9.36 Å². The van der Waals surface area contributed by atoms with Crippen LogP contribution in [0.3, 0.4) is 0 Å². The van der Waals surface area contributed by atoms with Crippen LogP contribution in [0.15, 0.2) is 0 Å². The molecule has 0 aromatic carbocycles. The monoisotopic (exact) mass is 304 g/mol. The fraction of sp³-hybridized carbons (Fsp3) is 0. The standard InChI is InChI=1S/CH3O6P.3Ca.2H2O.6H/c2-1(3)7-8(4,5)6;;;;;;;;;;;/h(H,2,3)(H2,4,5,6);;;;2*1H2;;;;;;. The minimum absolute atomic E-state index is 0. The molecule has 0 fully saturated rings. The Morgan fingerprint density at radius 3 is 1.31 bits per heavy atom. The number of hydrogen-bond donors (Lipinski definition) is 3. The van der Waals surface area contributed by atoms with E-state index in [1.807, 2.05) is 0 Å². The van der Waals surface area contributed by atoms with Crippen LogP contribution in [0.1, 0.15) is 0 Å². The number of phosphoric ester groups is 1. The van der Waals surface area contributed by atoms with Gasteiger partial charge in [0.05, 0.1) is 0 Å². The molecule has 0 aliphatic rings. The molecule has 0 atom stereocenters. The quantitative estimate of drug-likeness (QED) is 0.325. The molecule has 0 saturated carbocycles. The zero-order valence-electron chi connectivity index (χ0n) is 4.51. The summed E-state index contributed by atoms with van der Waals surface area (Å²) < 4.78 is 12.6. The van der Waals surface area contributed by atoms with Gasteiger partial charge in [0.2, 0.25) is 0 Å². The maximum absolute atomic E-state index is 9.53. The summed E-state index contributed by atoms with van der Waals surface area (Å²) in [5.74, 6) is 0. The molecular formula is CH13Ca3O8P. The van der Waals surface area contributed by atoms with Crippen molar-refractivity contribution in [1.82, 2.24) is 0 Å². The molecule has 8 nitrogen and oxygen atoms in total. The zero-order chi connectivity index (χ0) is 6.78. The molecule has 76 valence electrons. The number of carbonyl (C=O) groups is 1. The van der Waals surface area contributed by atoms with Crippen molar-refractivity contribution in [1.29, 1.82) is 0 Å². The summed E-state index contributed by atoms with van der Waals surface area (Å²) in [6, 6.07) is 0. The van der Waals surface area contributed by atoms with Gasteiger partial charge < -0.3 is 20.6 Å². The molecule has 0 aliphatic carbocycles. The molecule has 0 heterocycles. The minimum atomic E-state index is -4.82. The molecule has 0 bridgehead atoms. The van der Waals surface area contributed by atoms with Gasteiger partial charge in [0.1, 0.15) is 0 Å². The number of hydrogen-bond acceptors (Lipinski definition) is 3. The summed E-state index contributed by atoms with van der Waals surface area (Å²) in [7, 11) is -4.82. The van der Waals surface area contributed by atoms with Crippen molar-refractivity contribution in [3.8, 4) is 0 Å². The maximum atomic E-state index is 9.53. The second-order valence-corrected chi connectivity index (χ2v) is 2.01. The van der Waals surface area contributed by atoms with Crippen LogP contribution in [0.5, 0.6) is 0 Å². The predicted molar refractivity (Wildman–Crippen MR) is 54.0 cm³/mol. The molecule has 0 aliphatic heterocycles. The van der Waals surface area contributed by atoms with Crippen molar-refractivity contribution in [2.75, 3.05) is 0 Å². The summed E-state index contributed by atoms with van der Waals surface area (Å²) in [6.45, 7) is 0. The molecular weight excluding hydrogens is 291 g/mol. The Balaban J connectivity index is -0.0000000245. The molecule has 0 saturated heterocycles. The molecule has 0 amide bonds. The van der Waals surface area contributed by atoms with Crippen LogP contribution in [0, 0.1) is 0 Å². The van der Waals surface area contributed by atoms with E-state index in [1.165, 1.54) is 0 Å². The molecule has 12 heteroatoms. The fourth-order valence-corrected chi connectivity index (χ4v) is 0.305. The molecule has 0 aromatic rings. The predicted octanol–water partition coefficient (Wildman–Crippen LogP) is -4.62. The Labute approximate surface area is 163 Å². The third-order valence-corrected chi connectivity index (χ3v) is 0.591. The Morgan fingerprint density at radius 1 is 1.08 bits per heavy atom. The third kappa shape index (κ3) is 39.5. The second kappa shape index (κ2) is 17.5. The second-order valence-electron chi connectivity index (χ2n) is 0.848. The van der Waals surface area contributed by atoms with Crippen LogP contribution in [-0.4, -0.2) is 145 Å². The van der Waals surface area contributed by atoms with E-state index >= 15 is 0 Å². The van der Waals surface area contributed by atoms with Crippen LogP contribution in [-0.2, 0) is 9.09 Å². The average Bonchev–Trinajstić information content (AvgIpc) is 1.21. The Morgan fingerprint density at radius 2 is 1.31 bits per heavy atom. The van der Waals surface area contributed by atoms with Gasteiger partial charge in [-0.1, -0.05) is 0 Å². The van der Waals surface area contributed by atoms with Crippen LogP contribution < -0.4 is 0 Å². The first-order chi connectivity index (χ1) is 3.42. The van der Waals surface area contributed by atoms with Crippen LogP contribution in [0.25, 0.3) is 0 Å². The molecule has 0 spiro atoms. The van der Waals surface area contributed by atoms with E-state index in [0.717, 1.165) is 0 Å². The van der Waals surface area contributed by atoms with Crippen molar-refractivity contribution >= 4 is 127 Å². The van der Waals surface area contributed by atoms with E-state index in [-0.39, 0.29) is 124 Å². The Hall–Kier alpha value is 3.12. The van der Waals surface area contributed by atoms with E-state index in [1.54, 1.807) is 0 Å². The van der Waals surface area contributed by atoms with Gasteiger partial charge in [0.15, 0.2) is 0 Å². The normalized spacial score (nSPS) is 6.62.